The molecule has 1 aromatic carbocycles. The number of fused-ring (bicyclic) bond motifs is 6. The average Bonchev–Trinajstić information content (AvgIpc) is 3.22. The third-order valence-electron chi connectivity index (χ3n) is 5.81. The molecule has 0 unspecified atom stereocenters. The first kappa shape index (κ1) is 17.3. The predicted octanol–water partition coefficient (Wildman–Crippen LogP) is 3.47. The van der Waals surface area contributed by atoms with Crippen LogP contribution in [0.15, 0.2) is 27.4 Å². The third kappa shape index (κ3) is 2.31. The van der Waals surface area contributed by atoms with Crippen LogP contribution >= 0.6 is 0 Å². The Labute approximate surface area is 156 Å². The number of aromatic nitrogens is 2. The zero-order chi connectivity index (χ0) is 19.8. The molecule has 1 aliphatic heterocycles. The highest BCUT2D eigenvalue weighted by atomic mass is 19.4. The molecule has 2 aliphatic rings. The topological polar surface area (TPSA) is 68.3 Å². The van der Waals surface area contributed by atoms with Crippen molar-refractivity contribution in [2.45, 2.75) is 38.0 Å². The Morgan fingerprint density at radius 1 is 1.21 bits per heavy atom. The third-order valence-corrected chi connectivity index (χ3v) is 5.81. The van der Waals surface area contributed by atoms with Gasteiger partial charge in [0.2, 0.25) is 11.5 Å². The van der Waals surface area contributed by atoms with E-state index < -0.39 is 17.3 Å². The number of rotatable bonds is 0. The summed E-state index contributed by atoms with van der Waals surface area (Å²) in [4.78, 5) is 32.0. The lowest BCUT2D eigenvalue weighted by Gasteiger charge is -2.19. The Kier molecular flexibility index (Phi) is 3.45. The van der Waals surface area contributed by atoms with E-state index in [1.807, 2.05) is 0 Å². The van der Waals surface area contributed by atoms with Gasteiger partial charge in [0.25, 0.3) is 5.56 Å². The minimum absolute atomic E-state index is 0.0105. The lowest BCUT2D eigenvalue weighted by atomic mass is 10.0. The van der Waals surface area contributed by atoms with Gasteiger partial charge in [-0.1, -0.05) is 6.42 Å². The van der Waals surface area contributed by atoms with Gasteiger partial charge in [-0.05, 0) is 31.0 Å². The van der Waals surface area contributed by atoms with E-state index in [1.54, 1.807) is 11.9 Å². The highest BCUT2D eigenvalue weighted by Gasteiger charge is 2.41. The van der Waals surface area contributed by atoms with E-state index >= 15 is 0 Å². The molecule has 2 aromatic heterocycles. The van der Waals surface area contributed by atoms with E-state index in [0.29, 0.717) is 24.1 Å². The first-order valence-electron chi connectivity index (χ1n) is 9.05. The van der Waals surface area contributed by atoms with Crippen LogP contribution in [-0.2, 0) is 17.5 Å². The van der Waals surface area contributed by atoms with Crippen LogP contribution in [0.25, 0.3) is 22.1 Å². The number of halogens is 3. The summed E-state index contributed by atoms with van der Waals surface area (Å²) >= 11 is 0. The summed E-state index contributed by atoms with van der Waals surface area (Å²) in [6.45, 7) is 0.171. The van der Waals surface area contributed by atoms with Crippen molar-refractivity contribution < 1.29 is 22.4 Å². The largest absolute Gasteiger partial charge is 0.448 e. The molecule has 1 amide bonds. The highest BCUT2D eigenvalue weighted by molar-refractivity contribution is 6.02. The van der Waals surface area contributed by atoms with Gasteiger partial charge in [-0.15, -0.1) is 0 Å². The van der Waals surface area contributed by atoms with Crippen molar-refractivity contribution in [3.05, 3.63) is 39.9 Å². The molecule has 0 spiro atoms. The van der Waals surface area contributed by atoms with Crippen LogP contribution in [0.4, 0.5) is 13.2 Å². The zero-order valence-electron chi connectivity index (χ0n) is 14.9. The van der Waals surface area contributed by atoms with Gasteiger partial charge in [0.1, 0.15) is 16.9 Å². The van der Waals surface area contributed by atoms with Crippen molar-refractivity contribution in [3.8, 4) is 0 Å². The SMILES string of the molecule is CN1Cc2nc3c(oc4cc(C(F)(F)F)ccc43)c(=O)n2[C@@H]2CCC[C@@H]2C1=O. The van der Waals surface area contributed by atoms with Gasteiger partial charge < -0.3 is 9.32 Å². The molecule has 5 rings (SSSR count). The fraction of sp³-hybridized carbons (Fsp3) is 0.421. The monoisotopic (exact) mass is 391 g/mol. The van der Waals surface area contributed by atoms with E-state index in [2.05, 4.69) is 4.98 Å². The van der Waals surface area contributed by atoms with E-state index in [4.69, 9.17) is 4.42 Å². The van der Waals surface area contributed by atoms with Crippen molar-refractivity contribution in [3.63, 3.8) is 0 Å². The van der Waals surface area contributed by atoms with E-state index in [0.717, 1.165) is 18.6 Å². The van der Waals surface area contributed by atoms with Crippen LogP contribution < -0.4 is 5.56 Å². The molecule has 1 fully saturated rings. The number of hydrogen-bond donors (Lipinski definition) is 0. The summed E-state index contributed by atoms with van der Waals surface area (Å²) in [5.41, 5.74) is -1.15. The Bertz CT molecular complexity index is 1190. The first-order chi connectivity index (χ1) is 13.3. The summed E-state index contributed by atoms with van der Waals surface area (Å²) in [6.07, 6.45) is -2.30. The number of hydrogen-bond acceptors (Lipinski definition) is 4. The van der Waals surface area contributed by atoms with E-state index in [9.17, 15) is 22.8 Å². The van der Waals surface area contributed by atoms with E-state index in [1.165, 1.54) is 10.6 Å². The maximum atomic E-state index is 13.2. The Morgan fingerprint density at radius 3 is 2.75 bits per heavy atom. The molecule has 2 atom stereocenters. The standard InChI is InChI=1S/C19H16F3N3O3/c1-24-8-14-23-15-11-6-5-9(19(20,21)22)7-13(11)28-16(15)18(27)25(14)12-4-2-3-10(12)17(24)26/h5-7,10,12H,2-4,8H2,1H3/t10-,12+/m0/s1. The molecule has 3 heterocycles. The molecule has 28 heavy (non-hydrogen) atoms. The average molecular weight is 391 g/mol. The molecule has 0 N–H and O–H groups in total. The number of carbonyl (C=O) groups is 1. The van der Waals surface area contributed by atoms with Crippen molar-refractivity contribution in [1.82, 2.24) is 14.5 Å². The minimum Gasteiger partial charge on any atom is -0.448 e. The molecular weight excluding hydrogens is 375 g/mol. The summed E-state index contributed by atoms with van der Waals surface area (Å²) in [6, 6.07) is 2.82. The first-order valence-corrected chi connectivity index (χ1v) is 9.05. The maximum Gasteiger partial charge on any atom is 0.416 e. The zero-order valence-corrected chi connectivity index (χ0v) is 14.9. The second-order valence-corrected chi connectivity index (χ2v) is 7.49. The second kappa shape index (κ2) is 5.59. The van der Waals surface area contributed by atoms with Gasteiger partial charge in [0, 0.05) is 12.4 Å². The predicted molar refractivity (Wildman–Crippen MR) is 93.6 cm³/mol. The Hall–Kier alpha value is -2.84. The number of amides is 1. The normalized spacial score (nSPS) is 22.6. The summed E-state index contributed by atoms with van der Waals surface area (Å²) in [5.74, 6) is 0.137. The van der Waals surface area contributed by atoms with Crippen LogP contribution in [0.2, 0.25) is 0 Å². The fourth-order valence-corrected chi connectivity index (χ4v) is 4.49. The van der Waals surface area contributed by atoms with Crippen molar-refractivity contribution in [2.24, 2.45) is 5.92 Å². The number of alkyl halides is 3. The molecule has 1 saturated carbocycles. The molecule has 0 bridgehead atoms. The smallest absolute Gasteiger partial charge is 0.416 e. The van der Waals surface area contributed by atoms with Crippen LogP contribution in [0.5, 0.6) is 0 Å². The molecule has 0 saturated heterocycles. The quantitative estimate of drug-likeness (QED) is 0.589. The lowest BCUT2D eigenvalue weighted by molar-refractivity contribution is -0.137. The number of nitrogens with zero attached hydrogens (tertiary/aromatic N) is 3. The second-order valence-electron chi connectivity index (χ2n) is 7.49. The van der Waals surface area contributed by atoms with Gasteiger partial charge >= 0.3 is 6.18 Å². The van der Waals surface area contributed by atoms with Crippen LogP contribution in [0, 0.1) is 5.92 Å². The summed E-state index contributed by atoms with van der Waals surface area (Å²) in [5, 5.41) is 0.352. The van der Waals surface area contributed by atoms with Gasteiger partial charge in [0.15, 0.2) is 0 Å². The van der Waals surface area contributed by atoms with Gasteiger partial charge in [-0.3, -0.25) is 14.2 Å². The van der Waals surface area contributed by atoms with Crippen LogP contribution in [0.3, 0.4) is 0 Å². The van der Waals surface area contributed by atoms with Gasteiger partial charge in [0.05, 0.1) is 24.1 Å². The summed E-state index contributed by atoms with van der Waals surface area (Å²) < 4.78 is 46.1. The van der Waals surface area contributed by atoms with Crippen molar-refractivity contribution in [1.29, 1.82) is 0 Å². The van der Waals surface area contributed by atoms with Gasteiger partial charge in [-0.25, -0.2) is 4.98 Å². The summed E-state index contributed by atoms with van der Waals surface area (Å²) in [7, 11) is 1.67. The number of benzene rings is 1. The molecular formula is C19H16F3N3O3. The van der Waals surface area contributed by atoms with Crippen molar-refractivity contribution in [2.75, 3.05) is 7.05 Å². The fourth-order valence-electron chi connectivity index (χ4n) is 4.49. The molecule has 9 heteroatoms. The van der Waals surface area contributed by atoms with Gasteiger partial charge in [-0.2, -0.15) is 13.2 Å². The minimum atomic E-state index is -4.51. The molecule has 6 nitrogen and oxygen atoms in total. The Balaban J connectivity index is 1.79. The van der Waals surface area contributed by atoms with Crippen LogP contribution in [-0.4, -0.2) is 27.4 Å². The van der Waals surface area contributed by atoms with E-state index in [-0.39, 0.29) is 41.1 Å². The highest BCUT2D eigenvalue weighted by Crippen LogP contribution is 2.40. The molecule has 1 aliphatic carbocycles. The Morgan fingerprint density at radius 2 is 2.00 bits per heavy atom. The maximum absolute atomic E-state index is 13.2. The number of furan rings is 1. The van der Waals surface area contributed by atoms with Crippen molar-refractivity contribution >= 4 is 28.0 Å². The lowest BCUT2D eigenvalue weighted by Crippen LogP contribution is -2.32. The molecule has 3 aromatic rings. The molecule has 0 radical (unpaired) electrons. The van der Waals surface area contributed by atoms with Crippen LogP contribution in [0.1, 0.15) is 36.7 Å². The molecule has 146 valence electrons. The number of carbonyl (C=O) groups excluding carboxylic acids is 1.